The van der Waals surface area contributed by atoms with Gasteiger partial charge in [-0.15, -0.1) is 0 Å². The number of carbonyl (C=O) groups excluding carboxylic acids is 1. The zero-order valence-electron chi connectivity index (χ0n) is 16.8. The molecule has 2 aromatic carbocycles. The van der Waals surface area contributed by atoms with E-state index in [1.807, 2.05) is 59.1 Å². The summed E-state index contributed by atoms with van der Waals surface area (Å²) in [6, 6.07) is 14.2. The fourth-order valence-corrected chi connectivity index (χ4v) is 4.14. The van der Waals surface area contributed by atoms with Crippen LogP contribution in [0.25, 0.3) is 11.3 Å². The van der Waals surface area contributed by atoms with Crippen LogP contribution in [-0.4, -0.2) is 21.5 Å². The highest BCUT2D eigenvalue weighted by atomic mass is 16.5. The molecule has 5 rings (SSSR count). The summed E-state index contributed by atoms with van der Waals surface area (Å²) in [5.41, 5.74) is 3.93. The van der Waals surface area contributed by atoms with Gasteiger partial charge in [-0.2, -0.15) is 0 Å². The van der Waals surface area contributed by atoms with Crippen LogP contribution >= 0.6 is 0 Å². The molecule has 5 heteroatoms. The lowest BCUT2D eigenvalue weighted by Gasteiger charge is -2.36. The first kappa shape index (κ1) is 18.0. The molecule has 0 spiro atoms. The molecule has 0 saturated heterocycles. The lowest BCUT2D eigenvalue weighted by molar-refractivity contribution is -0.120. The number of amides is 1. The minimum Gasteiger partial charge on any atom is -0.456 e. The van der Waals surface area contributed by atoms with E-state index in [2.05, 4.69) is 18.0 Å². The van der Waals surface area contributed by atoms with Crippen LogP contribution in [0.3, 0.4) is 0 Å². The van der Waals surface area contributed by atoms with E-state index < -0.39 is 0 Å². The van der Waals surface area contributed by atoms with E-state index in [4.69, 9.17) is 4.74 Å². The predicted molar refractivity (Wildman–Crippen MR) is 113 cm³/mol. The molecule has 1 fully saturated rings. The van der Waals surface area contributed by atoms with Crippen molar-refractivity contribution in [1.29, 1.82) is 0 Å². The number of carbonyl (C=O) groups is 1. The summed E-state index contributed by atoms with van der Waals surface area (Å²) in [6.07, 6.45) is 7.63. The van der Waals surface area contributed by atoms with Gasteiger partial charge in [0.25, 0.3) is 0 Å². The van der Waals surface area contributed by atoms with Crippen LogP contribution < -0.4 is 9.64 Å². The number of hydrogen-bond donors (Lipinski definition) is 0. The van der Waals surface area contributed by atoms with E-state index in [1.165, 1.54) is 0 Å². The standard InChI is InChI=1S/C24H25N3O2/c1-16-8-11-20-22(27(16)24(28)17-9-10-17)13-12-19(21-14-26(2)15-25-21)23(20)29-18-6-4-3-5-7-18/h3-7,12-17H,8-11H2,1-2H3/t16-/m0/s1. The summed E-state index contributed by atoms with van der Waals surface area (Å²) in [4.78, 5) is 19.6. The van der Waals surface area contributed by atoms with E-state index in [9.17, 15) is 4.79 Å². The third-order valence-electron chi connectivity index (χ3n) is 5.86. The van der Waals surface area contributed by atoms with Crippen molar-refractivity contribution in [3.63, 3.8) is 0 Å². The molecule has 2 aliphatic rings. The molecule has 5 nitrogen and oxygen atoms in total. The quantitative estimate of drug-likeness (QED) is 0.636. The smallest absolute Gasteiger partial charge is 0.230 e. The molecule has 0 bridgehead atoms. The van der Waals surface area contributed by atoms with Gasteiger partial charge in [-0.3, -0.25) is 4.79 Å². The van der Waals surface area contributed by atoms with E-state index >= 15 is 0 Å². The summed E-state index contributed by atoms with van der Waals surface area (Å²) in [7, 11) is 1.96. The Morgan fingerprint density at radius 3 is 2.59 bits per heavy atom. The Hall–Kier alpha value is -3.08. The van der Waals surface area contributed by atoms with Gasteiger partial charge in [-0.25, -0.2) is 4.98 Å². The van der Waals surface area contributed by atoms with Gasteiger partial charge in [0, 0.05) is 36.3 Å². The number of fused-ring (bicyclic) bond motifs is 1. The van der Waals surface area contributed by atoms with Gasteiger partial charge in [-0.1, -0.05) is 18.2 Å². The number of para-hydroxylation sites is 1. The maximum Gasteiger partial charge on any atom is 0.230 e. The van der Waals surface area contributed by atoms with Crippen LogP contribution in [0.4, 0.5) is 5.69 Å². The highest BCUT2D eigenvalue weighted by molar-refractivity contribution is 5.99. The van der Waals surface area contributed by atoms with Crippen molar-refractivity contribution in [3.8, 4) is 22.8 Å². The number of rotatable bonds is 4. The molecule has 1 saturated carbocycles. The average molecular weight is 387 g/mol. The molecule has 148 valence electrons. The molecule has 0 unspecified atom stereocenters. The van der Waals surface area contributed by atoms with Gasteiger partial charge in [0.05, 0.1) is 17.7 Å². The van der Waals surface area contributed by atoms with E-state index in [0.717, 1.165) is 59.7 Å². The van der Waals surface area contributed by atoms with Crippen LogP contribution in [0.15, 0.2) is 55.0 Å². The van der Waals surface area contributed by atoms with E-state index in [0.29, 0.717) is 0 Å². The van der Waals surface area contributed by atoms with Crippen LogP contribution in [0.5, 0.6) is 11.5 Å². The average Bonchev–Trinajstić information content (AvgIpc) is 3.49. The minimum atomic E-state index is 0.192. The molecule has 1 amide bonds. The minimum absolute atomic E-state index is 0.192. The third kappa shape index (κ3) is 3.31. The second kappa shape index (κ2) is 7.07. The summed E-state index contributed by atoms with van der Waals surface area (Å²) in [6.45, 7) is 2.15. The van der Waals surface area contributed by atoms with Gasteiger partial charge in [-0.05, 0) is 56.9 Å². The summed E-state index contributed by atoms with van der Waals surface area (Å²) in [5.74, 6) is 2.05. The Bertz CT molecular complexity index is 1050. The SMILES string of the molecule is C[C@H]1CCc2c(ccc(-c3cn(C)cn3)c2Oc2ccccc2)N1C(=O)C1CC1. The third-order valence-corrected chi connectivity index (χ3v) is 5.86. The maximum absolute atomic E-state index is 13.0. The number of nitrogens with zero attached hydrogens (tertiary/aromatic N) is 3. The molecule has 1 atom stereocenters. The fourth-order valence-electron chi connectivity index (χ4n) is 4.14. The molecule has 1 aliphatic carbocycles. The number of aromatic nitrogens is 2. The highest BCUT2D eigenvalue weighted by Crippen LogP contribution is 2.45. The van der Waals surface area contributed by atoms with E-state index in [-0.39, 0.29) is 17.9 Å². The number of anilines is 1. The normalized spacial score (nSPS) is 18.4. The molecule has 1 aromatic heterocycles. The van der Waals surface area contributed by atoms with Crippen molar-refractivity contribution < 1.29 is 9.53 Å². The van der Waals surface area contributed by atoms with Gasteiger partial charge >= 0.3 is 0 Å². The molecule has 2 heterocycles. The van der Waals surface area contributed by atoms with Gasteiger partial charge < -0.3 is 14.2 Å². The molecule has 0 radical (unpaired) electrons. The molecular formula is C24H25N3O2. The first-order chi connectivity index (χ1) is 14.1. The fraction of sp³-hybridized carbons (Fsp3) is 0.333. The maximum atomic E-state index is 13.0. The Labute approximate surface area is 170 Å². The lowest BCUT2D eigenvalue weighted by Crippen LogP contribution is -2.43. The number of hydrogen-bond acceptors (Lipinski definition) is 3. The topological polar surface area (TPSA) is 47.4 Å². The van der Waals surface area contributed by atoms with Gasteiger partial charge in [0.15, 0.2) is 0 Å². The largest absolute Gasteiger partial charge is 0.456 e. The van der Waals surface area contributed by atoms with Crippen LogP contribution in [0.1, 0.15) is 31.7 Å². The Morgan fingerprint density at radius 1 is 1.10 bits per heavy atom. The second-order valence-electron chi connectivity index (χ2n) is 8.15. The zero-order chi connectivity index (χ0) is 20.0. The van der Waals surface area contributed by atoms with Crippen molar-refractivity contribution >= 4 is 11.6 Å². The van der Waals surface area contributed by atoms with Crippen molar-refractivity contribution in [3.05, 3.63) is 60.6 Å². The molecule has 3 aromatic rings. The van der Waals surface area contributed by atoms with Gasteiger partial charge in [0.2, 0.25) is 5.91 Å². The monoisotopic (exact) mass is 387 g/mol. The lowest BCUT2D eigenvalue weighted by atomic mass is 9.92. The molecule has 29 heavy (non-hydrogen) atoms. The highest BCUT2D eigenvalue weighted by Gasteiger charge is 2.39. The Morgan fingerprint density at radius 2 is 1.90 bits per heavy atom. The van der Waals surface area contributed by atoms with Crippen LogP contribution in [0.2, 0.25) is 0 Å². The van der Waals surface area contributed by atoms with Crippen molar-refractivity contribution in [1.82, 2.24) is 9.55 Å². The first-order valence-corrected chi connectivity index (χ1v) is 10.3. The van der Waals surface area contributed by atoms with Crippen molar-refractivity contribution in [2.75, 3.05) is 4.90 Å². The zero-order valence-corrected chi connectivity index (χ0v) is 16.8. The molecular weight excluding hydrogens is 362 g/mol. The second-order valence-corrected chi connectivity index (χ2v) is 8.15. The number of aryl methyl sites for hydroxylation is 1. The van der Waals surface area contributed by atoms with Crippen LogP contribution in [-0.2, 0) is 18.3 Å². The summed E-state index contributed by atoms with van der Waals surface area (Å²) < 4.78 is 8.36. The Kier molecular flexibility index (Phi) is 4.38. The molecule has 0 N–H and O–H groups in total. The number of ether oxygens (including phenoxy) is 1. The van der Waals surface area contributed by atoms with Crippen molar-refractivity contribution in [2.24, 2.45) is 13.0 Å². The van der Waals surface area contributed by atoms with Crippen molar-refractivity contribution in [2.45, 2.75) is 38.6 Å². The Balaban J connectivity index is 1.65. The summed E-state index contributed by atoms with van der Waals surface area (Å²) in [5, 5.41) is 0. The van der Waals surface area contributed by atoms with Crippen LogP contribution in [0, 0.1) is 5.92 Å². The molecule has 1 aliphatic heterocycles. The van der Waals surface area contributed by atoms with Gasteiger partial charge in [0.1, 0.15) is 11.5 Å². The number of benzene rings is 2. The predicted octanol–water partition coefficient (Wildman–Crippen LogP) is 4.96. The number of imidazole rings is 1. The summed E-state index contributed by atoms with van der Waals surface area (Å²) >= 11 is 0. The van der Waals surface area contributed by atoms with E-state index in [1.54, 1.807) is 6.33 Å². The first-order valence-electron chi connectivity index (χ1n) is 10.3.